The van der Waals surface area contributed by atoms with Gasteiger partial charge in [-0.1, -0.05) is 6.07 Å². The van der Waals surface area contributed by atoms with Crippen LogP contribution in [0.4, 0.5) is 5.95 Å². The average molecular weight is 393 g/mol. The number of aliphatic hydroxyl groups is 2. The van der Waals surface area contributed by atoms with E-state index in [0.717, 1.165) is 34.4 Å². The van der Waals surface area contributed by atoms with Crippen LogP contribution in [0.1, 0.15) is 13.3 Å². The summed E-state index contributed by atoms with van der Waals surface area (Å²) in [4.78, 5) is 23.4. The molecule has 0 aliphatic carbocycles. The maximum Gasteiger partial charge on any atom is 0.228 e. The molecule has 3 N–H and O–H groups in total. The molecule has 150 valence electrons. The summed E-state index contributed by atoms with van der Waals surface area (Å²) in [7, 11) is 0. The van der Waals surface area contributed by atoms with E-state index < -0.39 is 6.10 Å². The average Bonchev–Trinajstić information content (AvgIpc) is 3.39. The first-order valence-electron chi connectivity index (χ1n) is 9.88. The molecular formula is C20H23N7O2. The van der Waals surface area contributed by atoms with Crippen molar-refractivity contribution in [3.05, 3.63) is 30.9 Å². The van der Waals surface area contributed by atoms with E-state index in [1.807, 2.05) is 23.4 Å². The number of nitrogens with zero attached hydrogens (tertiary/aromatic N) is 6. The van der Waals surface area contributed by atoms with E-state index in [0.29, 0.717) is 31.1 Å². The first-order chi connectivity index (χ1) is 14.2. The van der Waals surface area contributed by atoms with E-state index in [1.165, 1.54) is 0 Å². The predicted octanol–water partition coefficient (Wildman–Crippen LogP) is 1.57. The molecule has 0 spiro atoms. The van der Waals surface area contributed by atoms with Crippen LogP contribution in [-0.2, 0) is 6.54 Å². The smallest absolute Gasteiger partial charge is 0.228 e. The van der Waals surface area contributed by atoms with Gasteiger partial charge in [-0.25, -0.2) is 15.0 Å². The normalized spacial score (nSPS) is 20.0. The Morgan fingerprint density at radius 1 is 1.24 bits per heavy atom. The van der Waals surface area contributed by atoms with Crippen LogP contribution in [0.3, 0.4) is 0 Å². The van der Waals surface area contributed by atoms with Crippen LogP contribution in [-0.4, -0.2) is 65.5 Å². The Kier molecular flexibility index (Phi) is 4.40. The molecule has 0 bridgehead atoms. The van der Waals surface area contributed by atoms with Crippen molar-refractivity contribution in [2.45, 2.75) is 26.0 Å². The van der Waals surface area contributed by atoms with Crippen molar-refractivity contribution in [3.8, 4) is 11.3 Å². The Morgan fingerprint density at radius 2 is 2.14 bits per heavy atom. The number of nitrogens with one attached hydrogen (secondary N) is 1. The Bertz CT molecular complexity index is 1170. The van der Waals surface area contributed by atoms with Gasteiger partial charge in [-0.15, -0.1) is 0 Å². The van der Waals surface area contributed by atoms with Gasteiger partial charge in [-0.3, -0.25) is 0 Å². The second-order valence-electron chi connectivity index (χ2n) is 7.45. The lowest BCUT2D eigenvalue weighted by Crippen LogP contribution is -2.45. The number of anilines is 1. The van der Waals surface area contributed by atoms with E-state index in [2.05, 4.69) is 37.5 Å². The van der Waals surface area contributed by atoms with Gasteiger partial charge in [-0.2, -0.15) is 4.98 Å². The van der Waals surface area contributed by atoms with Gasteiger partial charge in [-0.05, 0) is 25.5 Å². The van der Waals surface area contributed by atoms with Crippen LogP contribution < -0.4 is 4.90 Å². The van der Waals surface area contributed by atoms with Crippen LogP contribution >= 0.6 is 0 Å². The second-order valence-corrected chi connectivity index (χ2v) is 7.45. The molecule has 5 rings (SSSR count). The molecule has 4 aromatic rings. The quantitative estimate of drug-likeness (QED) is 0.482. The molecule has 3 aromatic heterocycles. The Labute approximate surface area is 167 Å². The van der Waals surface area contributed by atoms with Crippen molar-refractivity contribution in [2.24, 2.45) is 5.92 Å². The fourth-order valence-corrected chi connectivity index (χ4v) is 4.01. The van der Waals surface area contributed by atoms with Crippen molar-refractivity contribution in [2.75, 3.05) is 24.6 Å². The third-order valence-corrected chi connectivity index (χ3v) is 5.75. The molecule has 2 atom stereocenters. The van der Waals surface area contributed by atoms with Crippen molar-refractivity contribution < 1.29 is 10.2 Å². The van der Waals surface area contributed by atoms with Gasteiger partial charge >= 0.3 is 0 Å². The topological polar surface area (TPSA) is 116 Å². The van der Waals surface area contributed by atoms with Crippen molar-refractivity contribution >= 4 is 28.1 Å². The second kappa shape index (κ2) is 7.09. The number of hydrogen-bond acceptors (Lipinski definition) is 7. The Hall–Kier alpha value is -3.04. The summed E-state index contributed by atoms with van der Waals surface area (Å²) in [6.45, 7) is 4.01. The number of rotatable bonds is 4. The number of benzene rings is 1. The van der Waals surface area contributed by atoms with E-state index in [-0.39, 0.29) is 12.5 Å². The highest BCUT2D eigenvalue weighted by Gasteiger charge is 2.29. The van der Waals surface area contributed by atoms with E-state index in [4.69, 9.17) is 4.98 Å². The van der Waals surface area contributed by atoms with Gasteiger partial charge in [0.1, 0.15) is 11.2 Å². The largest absolute Gasteiger partial charge is 0.396 e. The maximum atomic E-state index is 10.3. The van der Waals surface area contributed by atoms with Gasteiger partial charge in [0.05, 0.1) is 29.8 Å². The Morgan fingerprint density at radius 3 is 2.93 bits per heavy atom. The molecule has 1 fully saturated rings. The minimum absolute atomic E-state index is 0.00998. The number of fused-ring (bicyclic) bond motifs is 2. The number of aromatic amines is 1. The lowest BCUT2D eigenvalue weighted by molar-refractivity contribution is 0.0544. The van der Waals surface area contributed by atoms with E-state index in [9.17, 15) is 10.2 Å². The maximum absolute atomic E-state index is 10.3. The van der Waals surface area contributed by atoms with Gasteiger partial charge in [0.25, 0.3) is 0 Å². The number of aryl methyl sites for hydroxylation is 1. The van der Waals surface area contributed by atoms with Gasteiger partial charge < -0.3 is 24.7 Å². The molecule has 1 aliphatic rings. The SMILES string of the molecule is CCn1cnc2cc(-c3nc(N4CC[C@H](CO)[C@@H](O)C4)nc4nc[nH]c34)ccc21. The molecule has 1 saturated heterocycles. The standard InChI is InChI=1S/C20H23N7O2/c1-2-26-11-23-14-7-12(3-4-15(14)26)17-18-19(22-10-21-18)25-20(24-17)27-6-5-13(9-28)16(29)8-27/h3-4,7,10-11,13,16,28-29H,2,5-6,8-9H2,1H3,(H,21,22,24,25)/t13-,16+/m1/s1. The lowest BCUT2D eigenvalue weighted by Gasteiger charge is -2.35. The molecule has 1 aromatic carbocycles. The zero-order valence-electron chi connectivity index (χ0n) is 16.2. The molecule has 0 radical (unpaired) electrons. The van der Waals surface area contributed by atoms with Crippen molar-refractivity contribution in [1.29, 1.82) is 0 Å². The molecule has 0 amide bonds. The van der Waals surface area contributed by atoms with Crippen LogP contribution in [0.5, 0.6) is 0 Å². The third-order valence-electron chi connectivity index (χ3n) is 5.75. The third kappa shape index (κ3) is 3.02. The van der Waals surface area contributed by atoms with Crippen molar-refractivity contribution in [3.63, 3.8) is 0 Å². The van der Waals surface area contributed by atoms with Gasteiger partial charge in [0, 0.05) is 37.7 Å². The summed E-state index contributed by atoms with van der Waals surface area (Å²) in [5.41, 5.74) is 5.05. The number of β-amino-alcohol motifs (C(OH)–C–C–N with tert-alkyl or cyclic N) is 1. The number of aliphatic hydroxyl groups excluding tert-OH is 2. The Balaban J connectivity index is 1.58. The van der Waals surface area contributed by atoms with E-state index in [1.54, 1.807) is 6.33 Å². The minimum Gasteiger partial charge on any atom is -0.396 e. The number of aromatic nitrogens is 6. The minimum atomic E-state index is -0.606. The summed E-state index contributed by atoms with van der Waals surface area (Å²) < 4.78 is 2.10. The van der Waals surface area contributed by atoms with Crippen LogP contribution in [0.2, 0.25) is 0 Å². The van der Waals surface area contributed by atoms with Crippen LogP contribution in [0, 0.1) is 5.92 Å². The number of H-pyrrole nitrogens is 1. The van der Waals surface area contributed by atoms with Gasteiger partial charge in [0.2, 0.25) is 5.95 Å². The molecule has 9 nitrogen and oxygen atoms in total. The summed E-state index contributed by atoms with van der Waals surface area (Å²) in [5.74, 6) is 0.435. The highest BCUT2D eigenvalue weighted by Crippen LogP contribution is 2.30. The highest BCUT2D eigenvalue weighted by molar-refractivity contribution is 5.91. The molecule has 9 heteroatoms. The number of piperidine rings is 1. The fraction of sp³-hybridized carbons (Fsp3) is 0.400. The lowest BCUT2D eigenvalue weighted by atomic mass is 9.95. The summed E-state index contributed by atoms with van der Waals surface area (Å²) >= 11 is 0. The van der Waals surface area contributed by atoms with Gasteiger partial charge in [0.15, 0.2) is 5.65 Å². The zero-order valence-corrected chi connectivity index (χ0v) is 16.2. The number of imidazole rings is 2. The summed E-state index contributed by atoms with van der Waals surface area (Å²) in [5, 5.41) is 19.7. The number of hydrogen-bond donors (Lipinski definition) is 3. The van der Waals surface area contributed by atoms with Crippen LogP contribution in [0.15, 0.2) is 30.9 Å². The predicted molar refractivity (Wildman–Crippen MR) is 109 cm³/mol. The molecule has 0 unspecified atom stereocenters. The zero-order chi connectivity index (χ0) is 20.0. The van der Waals surface area contributed by atoms with E-state index >= 15 is 0 Å². The molecule has 4 heterocycles. The molecule has 1 aliphatic heterocycles. The van der Waals surface area contributed by atoms with Crippen molar-refractivity contribution in [1.82, 2.24) is 29.5 Å². The molecule has 29 heavy (non-hydrogen) atoms. The summed E-state index contributed by atoms with van der Waals surface area (Å²) in [6, 6.07) is 6.12. The summed E-state index contributed by atoms with van der Waals surface area (Å²) in [6.07, 6.45) is 3.54. The molecular weight excluding hydrogens is 370 g/mol. The highest BCUT2D eigenvalue weighted by atomic mass is 16.3. The fourth-order valence-electron chi connectivity index (χ4n) is 4.01. The molecule has 0 saturated carbocycles. The van der Waals surface area contributed by atoms with Crippen LogP contribution in [0.25, 0.3) is 33.5 Å². The first-order valence-corrected chi connectivity index (χ1v) is 9.88. The first kappa shape index (κ1) is 18.0. The monoisotopic (exact) mass is 393 g/mol.